The van der Waals surface area contributed by atoms with Gasteiger partial charge in [-0.2, -0.15) is 0 Å². The van der Waals surface area contributed by atoms with Gasteiger partial charge in [-0.15, -0.1) is 0 Å². The number of amides is 1. The van der Waals surface area contributed by atoms with Crippen LogP contribution in [0.15, 0.2) is 18.2 Å². The van der Waals surface area contributed by atoms with Crippen molar-refractivity contribution < 1.29 is 14.8 Å². The van der Waals surface area contributed by atoms with Gasteiger partial charge in [0, 0.05) is 12.6 Å². The van der Waals surface area contributed by atoms with Crippen molar-refractivity contribution in [3.63, 3.8) is 0 Å². The Morgan fingerprint density at radius 3 is 2.89 bits per heavy atom. The number of hydrogen-bond acceptors (Lipinski definition) is 5. The number of nitrogens with zero attached hydrogens (tertiary/aromatic N) is 1. The molecular formula is C11H13N3O4. The lowest BCUT2D eigenvalue weighted by Crippen LogP contribution is -2.24. The van der Waals surface area contributed by atoms with Crippen LogP contribution in [0.4, 0.5) is 11.4 Å². The highest BCUT2D eigenvalue weighted by Gasteiger charge is 2.23. The summed E-state index contributed by atoms with van der Waals surface area (Å²) in [6.45, 7) is 1.41. The lowest BCUT2D eigenvalue weighted by molar-refractivity contribution is -0.384. The molecule has 0 bridgehead atoms. The highest BCUT2D eigenvalue weighted by Crippen LogP contribution is 2.28. The molecule has 96 valence electrons. The van der Waals surface area contributed by atoms with Gasteiger partial charge in [-0.1, -0.05) is 0 Å². The van der Waals surface area contributed by atoms with E-state index in [1.165, 1.54) is 12.1 Å². The molecule has 1 aliphatic heterocycles. The van der Waals surface area contributed by atoms with Gasteiger partial charge < -0.3 is 15.7 Å². The molecule has 7 heteroatoms. The fraction of sp³-hybridized carbons (Fsp3) is 0.364. The molecule has 1 atom stereocenters. The van der Waals surface area contributed by atoms with Gasteiger partial charge in [0.15, 0.2) is 0 Å². The molecule has 1 unspecified atom stereocenters. The molecule has 1 amide bonds. The molecule has 0 radical (unpaired) electrons. The number of hydrogen-bond donors (Lipinski definition) is 3. The van der Waals surface area contributed by atoms with Crippen molar-refractivity contribution >= 4 is 17.3 Å². The summed E-state index contributed by atoms with van der Waals surface area (Å²) in [4.78, 5) is 21.7. The summed E-state index contributed by atoms with van der Waals surface area (Å²) in [6, 6.07) is 3.58. The fourth-order valence-corrected chi connectivity index (χ4v) is 1.85. The lowest BCUT2D eigenvalue weighted by atomic mass is 10.1. The maximum absolute atomic E-state index is 11.8. The monoisotopic (exact) mass is 251 g/mol. The number of nitro benzene ring substituents is 1. The smallest absolute Gasteiger partial charge is 0.273 e. The minimum Gasteiger partial charge on any atom is -0.506 e. The highest BCUT2D eigenvalue weighted by atomic mass is 16.6. The topological polar surface area (TPSA) is 104 Å². The van der Waals surface area contributed by atoms with E-state index in [0.29, 0.717) is 6.54 Å². The van der Waals surface area contributed by atoms with E-state index in [1.54, 1.807) is 0 Å². The first-order chi connectivity index (χ1) is 8.58. The van der Waals surface area contributed by atoms with Crippen LogP contribution in [0.5, 0.6) is 5.75 Å². The average molecular weight is 251 g/mol. The number of rotatable bonds is 3. The molecule has 1 saturated heterocycles. The van der Waals surface area contributed by atoms with Crippen molar-refractivity contribution in [2.45, 2.75) is 6.42 Å². The number of aromatic hydroxyl groups is 1. The van der Waals surface area contributed by atoms with Gasteiger partial charge in [-0.25, -0.2) is 0 Å². The normalized spacial score (nSPS) is 18.6. The van der Waals surface area contributed by atoms with Gasteiger partial charge in [0.25, 0.3) is 5.69 Å². The molecular weight excluding hydrogens is 238 g/mol. The average Bonchev–Trinajstić information content (AvgIpc) is 2.85. The second-order valence-corrected chi connectivity index (χ2v) is 4.14. The van der Waals surface area contributed by atoms with Gasteiger partial charge in [-0.05, 0) is 19.0 Å². The zero-order chi connectivity index (χ0) is 13.1. The minimum absolute atomic E-state index is 0.125. The molecule has 1 fully saturated rings. The van der Waals surface area contributed by atoms with Gasteiger partial charge >= 0.3 is 0 Å². The van der Waals surface area contributed by atoms with Gasteiger partial charge in [-0.3, -0.25) is 14.9 Å². The van der Waals surface area contributed by atoms with E-state index in [9.17, 15) is 20.0 Å². The van der Waals surface area contributed by atoms with Crippen LogP contribution in [-0.2, 0) is 4.79 Å². The van der Waals surface area contributed by atoms with Crippen molar-refractivity contribution in [1.29, 1.82) is 0 Å². The summed E-state index contributed by atoms with van der Waals surface area (Å²) < 4.78 is 0. The SMILES string of the molecule is O=C(Nc1ccc([N+](=O)[O-])cc1O)C1CCNC1. The van der Waals surface area contributed by atoms with E-state index in [4.69, 9.17) is 0 Å². The third-order valence-corrected chi connectivity index (χ3v) is 2.88. The first-order valence-corrected chi connectivity index (χ1v) is 5.57. The summed E-state index contributed by atoms with van der Waals surface area (Å²) in [5.74, 6) is -0.618. The summed E-state index contributed by atoms with van der Waals surface area (Å²) in [6.07, 6.45) is 0.750. The third-order valence-electron chi connectivity index (χ3n) is 2.88. The lowest BCUT2D eigenvalue weighted by Gasteiger charge is -2.10. The molecule has 0 aliphatic carbocycles. The molecule has 1 aromatic rings. The molecule has 1 aromatic carbocycles. The molecule has 0 aromatic heterocycles. The Bertz CT molecular complexity index is 483. The number of non-ortho nitro benzene ring substituents is 1. The van der Waals surface area contributed by atoms with Gasteiger partial charge in [0.1, 0.15) is 5.75 Å². The van der Waals surface area contributed by atoms with Crippen molar-refractivity contribution in [2.75, 3.05) is 18.4 Å². The Labute approximate surface area is 103 Å². The predicted molar refractivity (Wildman–Crippen MR) is 64.4 cm³/mol. The van der Waals surface area contributed by atoms with Gasteiger partial charge in [0.2, 0.25) is 5.91 Å². The van der Waals surface area contributed by atoms with E-state index in [1.807, 2.05) is 0 Å². The van der Waals surface area contributed by atoms with E-state index in [0.717, 1.165) is 19.0 Å². The van der Waals surface area contributed by atoms with E-state index in [2.05, 4.69) is 10.6 Å². The van der Waals surface area contributed by atoms with Gasteiger partial charge in [0.05, 0.1) is 22.6 Å². The third kappa shape index (κ3) is 2.57. The Hall–Kier alpha value is -2.15. The number of phenols is 1. The molecule has 18 heavy (non-hydrogen) atoms. The summed E-state index contributed by atoms with van der Waals surface area (Å²) in [5.41, 5.74) is -0.0227. The van der Waals surface area contributed by atoms with Crippen LogP contribution in [0.1, 0.15) is 6.42 Å². The largest absolute Gasteiger partial charge is 0.506 e. The second kappa shape index (κ2) is 5.01. The minimum atomic E-state index is -0.605. The molecule has 2 rings (SSSR count). The van der Waals surface area contributed by atoms with Crippen LogP contribution >= 0.6 is 0 Å². The molecule has 1 heterocycles. The standard InChI is InChI=1S/C11H13N3O4/c15-10-5-8(14(17)18)1-2-9(10)13-11(16)7-3-4-12-6-7/h1-2,5,7,12,15H,3-4,6H2,(H,13,16). The Balaban J connectivity index is 2.09. The number of benzene rings is 1. The first-order valence-electron chi connectivity index (χ1n) is 5.57. The maximum atomic E-state index is 11.8. The summed E-state index contributed by atoms with van der Waals surface area (Å²) in [7, 11) is 0. The molecule has 7 nitrogen and oxygen atoms in total. The van der Waals surface area contributed by atoms with Crippen LogP contribution in [-0.4, -0.2) is 29.0 Å². The van der Waals surface area contributed by atoms with Crippen LogP contribution in [0.3, 0.4) is 0 Å². The number of anilines is 1. The van der Waals surface area contributed by atoms with Crippen molar-refractivity contribution in [1.82, 2.24) is 5.32 Å². The van der Waals surface area contributed by atoms with Crippen molar-refractivity contribution in [2.24, 2.45) is 5.92 Å². The van der Waals surface area contributed by atoms with E-state index >= 15 is 0 Å². The first kappa shape index (κ1) is 12.3. The van der Waals surface area contributed by atoms with E-state index in [-0.39, 0.29) is 28.9 Å². The molecule has 0 saturated carbocycles. The number of nitro groups is 1. The number of carbonyl (C=O) groups excluding carboxylic acids is 1. The van der Waals surface area contributed by atoms with E-state index < -0.39 is 4.92 Å². The van der Waals surface area contributed by atoms with Crippen LogP contribution in [0.2, 0.25) is 0 Å². The molecule has 1 aliphatic rings. The van der Waals surface area contributed by atoms with Crippen LogP contribution < -0.4 is 10.6 Å². The zero-order valence-electron chi connectivity index (χ0n) is 9.55. The quantitative estimate of drug-likeness (QED) is 0.419. The fourth-order valence-electron chi connectivity index (χ4n) is 1.85. The molecule has 3 N–H and O–H groups in total. The highest BCUT2D eigenvalue weighted by molar-refractivity contribution is 5.94. The van der Waals surface area contributed by atoms with Crippen molar-refractivity contribution in [3.05, 3.63) is 28.3 Å². The number of phenolic OH excluding ortho intramolecular Hbond substituents is 1. The second-order valence-electron chi connectivity index (χ2n) is 4.14. The van der Waals surface area contributed by atoms with Crippen LogP contribution in [0, 0.1) is 16.0 Å². The zero-order valence-corrected chi connectivity index (χ0v) is 9.55. The number of carbonyl (C=O) groups is 1. The maximum Gasteiger partial charge on any atom is 0.273 e. The van der Waals surface area contributed by atoms with Crippen molar-refractivity contribution in [3.8, 4) is 5.75 Å². The Morgan fingerprint density at radius 2 is 2.33 bits per heavy atom. The molecule has 0 spiro atoms. The summed E-state index contributed by atoms with van der Waals surface area (Å²) >= 11 is 0. The Kier molecular flexibility index (Phi) is 3.42. The number of nitrogens with one attached hydrogen (secondary N) is 2. The predicted octanol–water partition coefficient (Wildman–Crippen LogP) is 0.848. The summed E-state index contributed by atoms with van der Waals surface area (Å²) in [5, 5.41) is 25.7. The van der Waals surface area contributed by atoms with Crippen LogP contribution in [0.25, 0.3) is 0 Å². The Morgan fingerprint density at radius 1 is 1.56 bits per heavy atom.